The summed E-state index contributed by atoms with van der Waals surface area (Å²) in [5, 5.41) is 0. The molecular weight excluding hydrogens is 416 g/mol. The summed E-state index contributed by atoms with van der Waals surface area (Å²) in [6.07, 6.45) is 6.77. The van der Waals surface area contributed by atoms with Crippen LogP contribution in [0.4, 0.5) is 5.69 Å². The van der Waals surface area contributed by atoms with Gasteiger partial charge in [-0.05, 0) is 49.8 Å². The van der Waals surface area contributed by atoms with Crippen molar-refractivity contribution in [1.29, 1.82) is 0 Å². The number of amides is 1. The second-order valence-electron chi connectivity index (χ2n) is 8.77. The highest BCUT2D eigenvalue weighted by atomic mass is 16.5. The molecule has 4 N–H and O–H groups in total. The van der Waals surface area contributed by atoms with Gasteiger partial charge in [-0.2, -0.15) is 0 Å². The van der Waals surface area contributed by atoms with Crippen molar-refractivity contribution in [2.24, 2.45) is 11.5 Å². The summed E-state index contributed by atoms with van der Waals surface area (Å²) in [5.74, 6) is 1.33. The molecule has 2 aromatic rings. The van der Waals surface area contributed by atoms with Crippen molar-refractivity contribution in [3.05, 3.63) is 66.0 Å². The molecule has 1 heterocycles. The molecular formula is C26H34N4O3. The van der Waals surface area contributed by atoms with Crippen LogP contribution in [0.5, 0.6) is 11.5 Å². The Balaban J connectivity index is 1.56. The molecule has 176 valence electrons. The van der Waals surface area contributed by atoms with E-state index in [4.69, 9.17) is 20.9 Å². The van der Waals surface area contributed by atoms with Crippen LogP contribution in [0, 0.1) is 0 Å². The quantitative estimate of drug-likeness (QED) is 0.630. The number of nitrogens with two attached hydrogens (primary N) is 2. The maximum atomic E-state index is 12.9. The third-order valence-electron chi connectivity index (χ3n) is 6.59. The number of methoxy groups -OCH3 is 1. The van der Waals surface area contributed by atoms with Gasteiger partial charge in [0.2, 0.25) is 0 Å². The topological polar surface area (TPSA) is 94.0 Å². The van der Waals surface area contributed by atoms with E-state index in [2.05, 4.69) is 29.2 Å². The minimum absolute atomic E-state index is 0.0338. The standard InChI is InChI=1S/C26H34N4O3/c1-32-24-12-11-20(16-25(24)33-22-9-5-6-10-22)29-13-14-30(26(31)23(28)17-27)21(18-29)15-19-7-3-2-4-8-19/h2-4,7-8,11-12,16-17,21-22H,5-6,9-10,13-15,18,27-28H2,1H3/b23-17-/t21-/m0/s1. The van der Waals surface area contributed by atoms with Crippen LogP contribution in [0.15, 0.2) is 60.4 Å². The van der Waals surface area contributed by atoms with Crippen LogP contribution < -0.4 is 25.8 Å². The Morgan fingerprint density at radius 1 is 1.09 bits per heavy atom. The molecule has 0 aromatic heterocycles. The Morgan fingerprint density at radius 3 is 2.55 bits per heavy atom. The number of carbonyl (C=O) groups excluding carboxylic acids is 1. The monoisotopic (exact) mass is 450 g/mol. The molecule has 4 rings (SSSR count). The highest BCUT2D eigenvalue weighted by Gasteiger charge is 2.32. The Bertz CT molecular complexity index is 973. The average molecular weight is 451 g/mol. The van der Waals surface area contributed by atoms with Crippen LogP contribution in [0.3, 0.4) is 0 Å². The second kappa shape index (κ2) is 10.5. The molecule has 1 atom stereocenters. The number of ether oxygens (including phenoxy) is 2. The van der Waals surface area contributed by atoms with Gasteiger partial charge in [0.05, 0.1) is 19.3 Å². The Hall–Kier alpha value is -3.35. The number of carbonyl (C=O) groups is 1. The van der Waals surface area contributed by atoms with Crippen LogP contribution in [0.1, 0.15) is 31.2 Å². The average Bonchev–Trinajstić information content (AvgIpc) is 3.37. The number of hydrogen-bond donors (Lipinski definition) is 2. The summed E-state index contributed by atoms with van der Waals surface area (Å²) >= 11 is 0. The van der Waals surface area contributed by atoms with E-state index in [-0.39, 0.29) is 23.8 Å². The molecule has 33 heavy (non-hydrogen) atoms. The first-order chi connectivity index (χ1) is 16.1. The number of nitrogens with zero attached hydrogens (tertiary/aromatic N) is 2. The van der Waals surface area contributed by atoms with E-state index >= 15 is 0 Å². The van der Waals surface area contributed by atoms with Crippen LogP contribution >= 0.6 is 0 Å². The van der Waals surface area contributed by atoms with E-state index in [0.717, 1.165) is 36.4 Å². The van der Waals surface area contributed by atoms with Gasteiger partial charge in [-0.1, -0.05) is 30.3 Å². The molecule has 1 saturated heterocycles. The number of hydrogen-bond acceptors (Lipinski definition) is 6. The maximum absolute atomic E-state index is 12.9. The Kier molecular flexibility index (Phi) is 7.27. The summed E-state index contributed by atoms with van der Waals surface area (Å²) < 4.78 is 11.9. The fourth-order valence-corrected chi connectivity index (χ4v) is 4.80. The van der Waals surface area contributed by atoms with Crippen molar-refractivity contribution in [2.45, 2.75) is 44.2 Å². The van der Waals surface area contributed by atoms with Gasteiger partial charge in [-0.15, -0.1) is 0 Å². The highest BCUT2D eigenvalue weighted by molar-refractivity contribution is 5.92. The van der Waals surface area contributed by atoms with Gasteiger partial charge in [-0.3, -0.25) is 4.79 Å². The fraction of sp³-hybridized carbons (Fsp3) is 0.423. The summed E-state index contributed by atoms with van der Waals surface area (Å²) in [4.78, 5) is 17.1. The molecule has 0 unspecified atom stereocenters. The van der Waals surface area contributed by atoms with Gasteiger partial charge in [0.1, 0.15) is 5.70 Å². The van der Waals surface area contributed by atoms with Crippen molar-refractivity contribution in [3.8, 4) is 11.5 Å². The van der Waals surface area contributed by atoms with Crippen molar-refractivity contribution in [3.63, 3.8) is 0 Å². The highest BCUT2D eigenvalue weighted by Crippen LogP contribution is 2.35. The molecule has 1 saturated carbocycles. The number of piperazine rings is 1. The minimum atomic E-state index is -0.210. The van der Waals surface area contributed by atoms with Gasteiger partial charge in [0.15, 0.2) is 11.5 Å². The molecule has 2 fully saturated rings. The zero-order valence-electron chi connectivity index (χ0n) is 19.3. The molecule has 1 aliphatic carbocycles. The largest absolute Gasteiger partial charge is 0.493 e. The zero-order chi connectivity index (χ0) is 23.2. The first kappa shape index (κ1) is 22.8. The zero-order valence-corrected chi connectivity index (χ0v) is 19.3. The van der Waals surface area contributed by atoms with Crippen molar-refractivity contribution < 1.29 is 14.3 Å². The lowest BCUT2D eigenvalue weighted by molar-refractivity contribution is -0.129. The van der Waals surface area contributed by atoms with Crippen molar-refractivity contribution in [1.82, 2.24) is 4.90 Å². The van der Waals surface area contributed by atoms with Crippen LogP contribution in [0.25, 0.3) is 0 Å². The maximum Gasteiger partial charge on any atom is 0.271 e. The molecule has 1 amide bonds. The molecule has 2 aromatic carbocycles. The molecule has 0 spiro atoms. The van der Waals surface area contributed by atoms with E-state index in [1.807, 2.05) is 29.2 Å². The summed E-state index contributed by atoms with van der Waals surface area (Å²) in [6, 6.07) is 16.3. The second-order valence-corrected chi connectivity index (χ2v) is 8.77. The number of anilines is 1. The van der Waals surface area contributed by atoms with E-state index in [1.54, 1.807) is 7.11 Å². The number of rotatable bonds is 7. The fourth-order valence-electron chi connectivity index (χ4n) is 4.80. The lowest BCUT2D eigenvalue weighted by Gasteiger charge is -2.42. The minimum Gasteiger partial charge on any atom is -0.493 e. The van der Waals surface area contributed by atoms with Gasteiger partial charge >= 0.3 is 0 Å². The molecule has 0 bridgehead atoms. The molecule has 2 aliphatic rings. The predicted octanol–water partition coefficient (Wildman–Crippen LogP) is 3.04. The Labute approximate surface area is 195 Å². The molecule has 7 heteroatoms. The summed E-state index contributed by atoms with van der Waals surface area (Å²) in [5.41, 5.74) is 13.7. The van der Waals surface area contributed by atoms with E-state index in [1.165, 1.54) is 24.6 Å². The normalized spacial score (nSPS) is 19.5. The third-order valence-corrected chi connectivity index (χ3v) is 6.59. The van der Waals surface area contributed by atoms with E-state index < -0.39 is 0 Å². The lowest BCUT2D eigenvalue weighted by Crippen LogP contribution is -2.57. The van der Waals surface area contributed by atoms with Crippen molar-refractivity contribution >= 4 is 11.6 Å². The van der Waals surface area contributed by atoms with E-state index in [0.29, 0.717) is 19.6 Å². The first-order valence-corrected chi connectivity index (χ1v) is 11.7. The van der Waals surface area contributed by atoms with Crippen LogP contribution in [-0.2, 0) is 11.2 Å². The molecule has 0 radical (unpaired) electrons. The van der Waals surface area contributed by atoms with Crippen LogP contribution in [-0.4, -0.2) is 49.7 Å². The Morgan fingerprint density at radius 2 is 1.85 bits per heavy atom. The number of benzene rings is 2. The van der Waals surface area contributed by atoms with Gasteiger partial charge < -0.3 is 30.7 Å². The first-order valence-electron chi connectivity index (χ1n) is 11.7. The van der Waals surface area contributed by atoms with Gasteiger partial charge in [0, 0.05) is 37.6 Å². The SMILES string of the molecule is COc1ccc(N2CCN(C(=O)/C(N)=C/N)[C@@H](Cc3ccccc3)C2)cc1OC1CCCC1. The predicted molar refractivity (Wildman–Crippen MR) is 130 cm³/mol. The summed E-state index contributed by atoms with van der Waals surface area (Å²) in [6.45, 7) is 1.95. The lowest BCUT2D eigenvalue weighted by atomic mass is 10.0. The smallest absolute Gasteiger partial charge is 0.271 e. The van der Waals surface area contributed by atoms with Crippen LogP contribution in [0.2, 0.25) is 0 Å². The van der Waals surface area contributed by atoms with Gasteiger partial charge in [-0.25, -0.2) is 0 Å². The van der Waals surface area contributed by atoms with Crippen molar-refractivity contribution in [2.75, 3.05) is 31.6 Å². The van der Waals surface area contributed by atoms with Gasteiger partial charge in [0.25, 0.3) is 5.91 Å². The summed E-state index contributed by atoms with van der Waals surface area (Å²) in [7, 11) is 1.67. The molecule has 1 aliphatic heterocycles. The van der Waals surface area contributed by atoms with E-state index in [9.17, 15) is 4.79 Å². The molecule has 7 nitrogen and oxygen atoms in total. The third kappa shape index (κ3) is 5.35.